The minimum absolute atomic E-state index is 0.0789. The van der Waals surface area contributed by atoms with Crippen LogP contribution in [0.2, 0.25) is 0 Å². The number of hydrogen-bond acceptors (Lipinski definition) is 5. The highest BCUT2D eigenvalue weighted by Gasteiger charge is 2.29. The summed E-state index contributed by atoms with van der Waals surface area (Å²) in [7, 11) is 1.73. The summed E-state index contributed by atoms with van der Waals surface area (Å²) < 4.78 is 7.82. The Kier molecular flexibility index (Phi) is 4.98. The molecule has 0 saturated carbocycles. The molecule has 1 aliphatic rings. The molecular formula is C23H24N4O2. The van der Waals surface area contributed by atoms with Crippen LogP contribution >= 0.6 is 0 Å². The van der Waals surface area contributed by atoms with Gasteiger partial charge in [0, 0.05) is 38.5 Å². The Morgan fingerprint density at radius 2 is 2.07 bits per heavy atom. The number of nitrogens with zero attached hydrogens (tertiary/aromatic N) is 4. The van der Waals surface area contributed by atoms with Gasteiger partial charge >= 0.3 is 0 Å². The number of nitriles is 1. The molecule has 1 fully saturated rings. The van der Waals surface area contributed by atoms with Gasteiger partial charge < -0.3 is 14.2 Å². The lowest BCUT2D eigenvalue weighted by Gasteiger charge is -2.38. The van der Waals surface area contributed by atoms with Crippen molar-refractivity contribution < 1.29 is 4.74 Å². The van der Waals surface area contributed by atoms with Gasteiger partial charge in [-0.1, -0.05) is 19.1 Å². The van der Waals surface area contributed by atoms with E-state index in [9.17, 15) is 10.1 Å². The molecule has 1 saturated heterocycles. The fourth-order valence-electron chi connectivity index (χ4n) is 4.00. The third kappa shape index (κ3) is 3.68. The standard InChI is InChI=1S/C23H24N4O2/c1-15-5-4-6-18(11-15)29-21-9-10-27(14-16(21)2)20-12-22(28)26(3)19-8-7-17(13-24)25-23(19)20/h4-8,11-12,16,21H,9-10,14H2,1-3H3/t16-,21-/m1/s1. The molecule has 0 bridgehead atoms. The van der Waals surface area contributed by atoms with Gasteiger partial charge in [-0.3, -0.25) is 4.79 Å². The molecule has 0 spiro atoms. The number of aromatic nitrogens is 2. The zero-order valence-electron chi connectivity index (χ0n) is 16.9. The second kappa shape index (κ2) is 7.59. The van der Waals surface area contributed by atoms with Crippen LogP contribution in [0, 0.1) is 24.2 Å². The highest BCUT2D eigenvalue weighted by molar-refractivity contribution is 5.88. The first-order valence-corrected chi connectivity index (χ1v) is 9.85. The van der Waals surface area contributed by atoms with Crippen LogP contribution in [-0.4, -0.2) is 28.7 Å². The maximum absolute atomic E-state index is 12.5. The first-order valence-electron chi connectivity index (χ1n) is 9.85. The van der Waals surface area contributed by atoms with Crippen molar-refractivity contribution in [3.05, 3.63) is 64.1 Å². The van der Waals surface area contributed by atoms with Crippen molar-refractivity contribution in [3.8, 4) is 11.8 Å². The van der Waals surface area contributed by atoms with Gasteiger partial charge in [-0.2, -0.15) is 5.26 Å². The fraction of sp³-hybridized carbons (Fsp3) is 0.348. The van der Waals surface area contributed by atoms with Crippen LogP contribution in [0.1, 0.15) is 24.6 Å². The summed E-state index contributed by atoms with van der Waals surface area (Å²) in [5.74, 6) is 1.18. The SMILES string of the molecule is Cc1cccc(O[C@@H]2CCN(c3cc(=O)n(C)c4ccc(C#N)nc34)C[C@H]2C)c1. The van der Waals surface area contributed by atoms with Crippen LogP contribution in [0.25, 0.3) is 11.0 Å². The molecule has 2 atom stereocenters. The summed E-state index contributed by atoms with van der Waals surface area (Å²) >= 11 is 0. The molecule has 0 radical (unpaired) electrons. The molecule has 29 heavy (non-hydrogen) atoms. The van der Waals surface area contributed by atoms with E-state index in [0.29, 0.717) is 11.2 Å². The third-order valence-corrected chi connectivity index (χ3v) is 5.63. The average Bonchev–Trinajstić information content (AvgIpc) is 2.72. The third-order valence-electron chi connectivity index (χ3n) is 5.63. The molecule has 6 nitrogen and oxygen atoms in total. The molecule has 3 heterocycles. The summed E-state index contributed by atoms with van der Waals surface area (Å²) in [5.41, 5.74) is 3.67. The first kappa shape index (κ1) is 19.0. The Balaban J connectivity index is 1.62. The Bertz CT molecular complexity index is 1160. The molecule has 148 valence electrons. The average molecular weight is 388 g/mol. The second-order valence-electron chi connectivity index (χ2n) is 7.79. The Labute approximate surface area is 170 Å². The van der Waals surface area contributed by atoms with Crippen LogP contribution in [0.4, 0.5) is 5.69 Å². The van der Waals surface area contributed by atoms with E-state index in [4.69, 9.17) is 4.74 Å². The topological polar surface area (TPSA) is 71.2 Å². The lowest BCUT2D eigenvalue weighted by atomic mass is 9.95. The van der Waals surface area contributed by atoms with Crippen LogP contribution in [0.5, 0.6) is 5.75 Å². The first-order chi connectivity index (χ1) is 14.0. The lowest BCUT2D eigenvalue weighted by Crippen LogP contribution is -2.45. The van der Waals surface area contributed by atoms with Gasteiger partial charge in [0.05, 0.1) is 11.2 Å². The molecule has 0 N–H and O–H groups in total. The molecule has 0 unspecified atom stereocenters. The smallest absolute Gasteiger partial charge is 0.252 e. The predicted octanol–water partition coefficient (Wildman–Crippen LogP) is 3.41. The minimum atomic E-state index is -0.0789. The number of ether oxygens (including phenoxy) is 1. The summed E-state index contributed by atoms with van der Waals surface area (Å²) in [4.78, 5) is 19.2. The second-order valence-corrected chi connectivity index (χ2v) is 7.79. The molecule has 0 aliphatic carbocycles. The summed E-state index contributed by atoms with van der Waals surface area (Å²) in [6, 6.07) is 15.3. The molecule has 3 aromatic rings. The monoisotopic (exact) mass is 388 g/mol. The zero-order valence-corrected chi connectivity index (χ0v) is 16.9. The highest BCUT2D eigenvalue weighted by atomic mass is 16.5. The maximum Gasteiger partial charge on any atom is 0.252 e. The Hall–Kier alpha value is -3.33. The largest absolute Gasteiger partial charge is 0.490 e. The van der Waals surface area contributed by atoms with Gasteiger partial charge in [0.15, 0.2) is 0 Å². The van der Waals surface area contributed by atoms with E-state index in [0.717, 1.165) is 36.5 Å². The van der Waals surface area contributed by atoms with Gasteiger partial charge in [-0.15, -0.1) is 0 Å². The van der Waals surface area contributed by atoms with Gasteiger partial charge in [-0.05, 0) is 36.8 Å². The van der Waals surface area contributed by atoms with Gasteiger partial charge in [0.25, 0.3) is 5.56 Å². The molecule has 1 aromatic carbocycles. The van der Waals surface area contributed by atoms with E-state index in [-0.39, 0.29) is 17.6 Å². The number of pyridine rings is 2. The quantitative estimate of drug-likeness (QED) is 0.688. The number of hydrogen-bond donors (Lipinski definition) is 0. The number of benzene rings is 1. The lowest BCUT2D eigenvalue weighted by molar-refractivity contribution is 0.121. The van der Waals surface area contributed by atoms with E-state index in [1.54, 1.807) is 29.8 Å². The molecule has 0 amide bonds. The minimum Gasteiger partial charge on any atom is -0.490 e. The van der Waals surface area contributed by atoms with E-state index in [1.807, 2.05) is 12.1 Å². The summed E-state index contributed by atoms with van der Waals surface area (Å²) in [5, 5.41) is 9.25. The number of fused-ring (bicyclic) bond motifs is 1. The van der Waals surface area contributed by atoms with Crippen LogP contribution in [-0.2, 0) is 7.05 Å². The summed E-state index contributed by atoms with van der Waals surface area (Å²) in [6.07, 6.45) is 0.970. The number of anilines is 1. The van der Waals surface area contributed by atoms with Crippen LogP contribution in [0.15, 0.2) is 47.3 Å². The number of piperidine rings is 1. The van der Waals surface area contributed by atoms with Gasteiger partial charge in [0.2, 0.25) is 0 Å². The number of aryl methyl sites for hydroxylation is 2. The van der Waals surface area contributed by atoms with Crippen molar-refractivity contribution in [3.63, 3.8) is 0 Å². The zero-order chi connectivity index (χ0) is 20.5. The molecule has 1 aliphatic heterocycles. The Morgan fingerprint density at radius 1 is 1.24 bits per heavy atom. The van der Waals surface area contributed by atoms with E-state index < -0.39 is 0 Å². The molecule has 4 rings (SSSR count). The highest BCUT2D eigenvalue weighted by Crippen LogP contribution is 2.30. The van der Waals surface area contributed by atoms with Crippen molar-refractivity contribution in [2.24, 2.45) is 13.0 Å². The van der Waals surface area contributed by atoms with Crippen LogP contribution < -0.4 is 15.2 Å². The molecule has 2 aromatic heterocycles. The van der Waals surface area contributed by atoms with E-state index in [1.165, 1.54) is 5.56 Å². The number of rotatable bonds is 3. The van der Waals surface area contributed by atoms with Crippen molar-refractivity contribution in [2.45, 2.75) is 26.4 Å². The predicted molar refractivity (Wildman–Crippen MR) is 113 cm³/mol. The van der Waals surface area contributed by atoms with Crippen molar-refractivity contribution in [1.82, 2.24) is 9.55 Å². The van der Waals surface area contributed by atoms with E-state index >= 15 is 0 Å². The Morgan fingerprint density at radius 3 is 2.79 bits per heavy atom. The molecule has 6 heteroatoms. The normalized spacial score (nSPS) is 19.2. The van der Waals surface area contributed by atoms with Crippen molar-refractivity contribution in [2.75, 3.05) is 18.0 Å². The van der Waals surface area contributed by atoms with Crippen molar-refractivity contribution >= 4 is 16.7 Å². The van der Waals surface area contributed by atoms with E-state index in [2.05, 4.69) is 41.9 Å². The van der Waals surface area contributed by atoms with Crippen molar-refractivity contribution in [1.29, 1.82) is 5.26 Å². The maximum atomic E-state index is 12.5. The molecular weight excluding hydrogens is 364 g/mol. The van der Waals surface area contributed by atoms with Crippen LogP contribution in [0.3, 0.4) is 0 Å². The fourth-order valence-corrected chi connectivity index (χ4v) is 4.00. The summed E-state index contributed by atoms with van der Waals surface area (Å²) in [6.45, 7) is 5.76. The van der Waals surface area contributed by atoms with Gasteiger partial charge in [0.1, 0.15) is 29.1 Å². The van der Waals surface area contributed by atoms with Gasteiger partial charge in [-0.25, -0.2) is 4.98 Å².